The fourth-order valence-electron chi connectivity index (χ4n) is 10.4. The van der Waals surface area contributed by atoms with E-state index in [-0.39, 0.29) is 46.3 Å². The summed E-state index contributed by atoms with van der Waals surface area (Å²) in [5.74, 6) is 3.24. The molecule has 5 heteroatoms. The van der Waals surface area contributed by atoms with E-state index in [0.717, 1.165) is 42.9 Å². The highest BCUT2D eigenvalue weighted by Gasteiger charge is 2.96. The van der Waals surface area contributed by atoms with Crippen LogP contribution in [0.1, 0.15) is 106 Å². The van der Waals surface area contributed by atoms with E-state index in [1.54, 1.807) is 0 Å². The number of hydrogen-bond acceptors (Lipinski definition) is 5. The van der Waals surface area contributed by atoms with Crippen LogP contribution in [0, 0.1) is 40.4 Å². The minimum Gasteiger partial charge on any atom is -0.462 e. The molecule has 0 unspecified atom stereocenters. The molecule has 6 aliphatic rings. The lowest BCUT2D eigenvalue weighted by atomic mass is 9.42. The molecule has 6 rings (SSSR count). The number of fused-ring (bicyclic) bond motifs is 2. The van der Waals surface area contributed by atoms with Crippen LogP contribution in [0.15, 0.2) is 0 Å². The number of aliphatic hydroxyl groups is 1. The van der Waals surface area contributed by atoms with Crippen molar-refractivity contribution in [1.82, 2.24) is 0 Å². The summed E-state index contributed by atoms with van der Waals surface area (Å²) in [4.78, 5) is 11.6. The predicted octanol–water partition coefficient (Wildman–Crippen LogP) is 5.66. The van der Waals surface area contributed by atoms with Gasteiger partial charge in [0.15, 0.2) is 0 Å². The molecule has 4 aliphatic carbocycles. The molecular formula is C30H48O5. The molecule has 2 spiro atoms. The van der Waals surface area contributed by atoms with Crippen LogP contribution in [0.25, 0.3) is 0 Å². The number of carbonyl (C=O) groups excluding carboxylic acids is 1. The number of rotatable bonds is 6. The number of hydrogen-bond donors (Lipinski definition) is 1. The van der Waals surface area contributed by atoms with Gasteiger partial charge in [0.05, 0.1) is 17.8 Å². The standard InChI is InChI=1S/C30H48O5/c1-17(2)18(3)8-9-19(4)22-10-11-23-26(22,6)15-25-30(35-25)27(7)13-12-21(33-20(5)31)14-28(27,32)16-24-29(23,30)34-24/h17-19,21-25,32H,8-16H2,1-7H3/t18-,19+,21-,22+,23+,24-,25+,26+,27-,28-,29-,30-/m0/s1. The van der Waals surface area contributed by atoms with Crippen LogP contribution in [0.3, 0.4) is 0 Å². The van der Waals surface area contributed by atoms with Crippen molar-refractivity contribution in [2.45, 2.75) is 141 Å². The normalized spacial score (nSPS) is 55.1. The Bertz CT molecular complexity index is 903. The molecular weight excluding hydrogens is 440 g/mol. The Hall–Kier alpha value is -0.650. The number of carbonyl (C=O) groups is 1. The first-order chi connectivity index (χ1) is 16.3. The number of ether oxygens (including phenoxy) is 3. The van der Waals surface area contributed by atoms with Gasteiger partial charge in [-0.3, -0.25) is 4.79 Å². The highest BCUT2D eigenvalue weighted by Crippen LogP contribution is 2.84. The molecule has 0 radical (unpaired) electrons. The quantitative estimate of drug-likeness (QED) is 0.386. The van der Waals surface area contributed by atoms with Crippen LogP contribution < -0.4 is 0 Å². The predicted molar refractivity (Wildman–Crippen MR) is 134 cm³/mol. The van der Waals surface area contributed by atoms with Crippen LogP contribution in [0.4, 0.5) is 0 Å². The maximum atomic E-state index is 12.1. The minimum absolute atomic E-state index is 0.0706. The van der Waals surface area contributed by atoms with Crippen molar-refractivity contribution < 1.29 is 24.1 Å². The fraction of sp³-hybridized carbons (Fsp3) is 0.967. The first kappa shape index (κ1) is 24.7. The Kier molecular flexibility index (Phi) is 5.27. The lowest BCUT2D eigenvalue weighted by molar-refractivity contribution is -0.209. The van der Waals surface area contributed by atoms with Crippen molar-refractivity contribution >= 4 is 5.97 Å². The zero-order valence-corrected chi connectivity index (χ0v) is 23.1. The summed E-state index contributed by atoms with van der Waals surface area (Å²) >= 11 is 0. The highest BCUT2D eigenvalue weighted by molar-refractivity contribution is 5.66. The summed E-state index contributed by atoms with van der Waals surface area (Å²) in [6.45, 7) is 15.9. The summed E-state index contributed by atoms with van der Waals surface area (Å²) in [6, 6.07) is 0. The monoisotopic (exact) mass is 488 g/mol. The van der Waals surface area contributed by atoms with Crippen molar-refractivity contribution in [2.75, 3.05) is 0 Å². The molecule has 0 aromatic carbocycles. The van der Waals surface area contributed by atoms with Crippen molar-refractivity contribution in [2.24, 2.45) is 40.4 Å². The van der Waals surface area contributed by atoms with Crippen molar-refractivity contribution in [3.05, 3.63) is 0 Å². The van der Waals surface area contributed by atoms with Crippen molar-refractivity contribution in [3.8, 4) is 0 Å². The summed E-state index contributed by atoms with van der Waals surface area (Å²) in [6.07, 6.45) is 9.09. The second-order valence-electron chi connectivity index (χ2n) is 14.5. The summed E-state index contributed by atoms with van der Waals surface area (Å²) in [7, 11) is 0. The smallest absolute Gasteiger partial charge is 0.302 e. The average molecular weight is 489 g/mol. The molecule has 4 saturated carbocycles. The van der Waals surface area contributed by atoms with Gasteiger partial charge >= 0.3 is 5.97 Å². The lowest BCUT2D eigenvalue weighted by Crippen LogP contribution is -2.72. The van der Waals surface area contributed by atoms with Gasteiger partial charge in [0.2, 0.25) is 0 Å². The first-order valence-corrected chi connectivity index (χ1v) is 14.6. The fourth-order valence-corrected chi connectivity index (χ4v) is 10.4. The maximum Gasteiger partial charge on any atom is 0.302 e. The van der Waals surface area contributed by atoms with Gasteiger partial charge in [-0.2, -0.15) is 0 Å². The van der Waals surface area contributed by atoms with Crippen molar-refractivity contribution in [1.29, 1.82) is 0 Å². The largest absolute Gasteiger partial charge is 0.462 e. The number of epoxide rings is 2. The second kappa shape index (κ2) is 7.47. The van der Waals surface area contributed by atoms with Gasteiger partial charge < -0.3 is 19.3 Å². The van der Waals surface area contributed by atoms with Crippen LogP contribution in [0.2, 0.25) is 0 Å². The number of esters is 1. The molecule has 2 aliphatic heterocycles. The molecule has 2 heterocycles. The molecule has 2 saturated heterocycles. The summed E-state index contributed by atoms with van der Waals surface area (Å²) in [5, 5.41) is 12.1. The SMILES string of the molecule is CC(=O)O[C@H]1CC[C@@]2(C)[C@](O)(C1)C[C@@H]1O[C@@]13[C@@H]1CC[C@H]([C@H](C)CC[C@H](C)C(C)C)[C@@]1(C)C[C@H]1O[C@]132. The van der Waals surface area contributed by atoms with Crippen LogP contribution in [0.5, 0.6) is 0 Å². The molecule has 12 atom stereocenters. The highest BCUT2D eigenvalue weighted by atomic mass is 16.7. The zero-order valence-electron chi connectivity index (χ0n) is 23.1. The third-order valence-electron chi connectivity index (χ3n) is 12.8. The maximum absolute atomic E-state index is 12.1. The van der Waals surface area contributed by atoms with Gasteiger partial charge in [-0.15, -0.1) is 0 Å². The van der Waals surface area contributed by atoms with E-state index in [2.05, 4.69) is 41.5 Å². The Morgan fingerprint density at radius 2 is 1.74 bits per heavy atom. The summed E-state index contributed by atoms with van der Waals surface area (Å²) < 4.78 is 19.2. The lowest BCUT2D eigenvalue weighted by Gasteiger charge is -2.60. The topological polar surface area (TPSA) is 71.6 Å². The van der Waals surface area contributed by atoms with E-state index in [1.807, 2.05) is 0 Å². The van der Waals surface area contributed by atoms with E-state index in [9.17, 15) is 9.90 Å². The van der Waals surface area contributed by atoms with Gasteiger partial charge in [-0.1, -0.05) is 54.4 Å². The van der Waals surface area contributed by atoms with E-state index < -0.39 is 5.60 Å². The molecule has 198 valence electrons. The van der Waals surface area contributed by atoms with Gasteiger partial charge in [0, 0.05) is 25.2 Å². The summed E-state index contributed by atoms with van der Waals surface area (Å²) in [5.41, 5.74) is -1.60. The van der Waals surface area contributed by atoms with E-state index in [1.165, 1.54) is 32.6 Å². The minimum atomic E-state index is -0.906. The Morgan fingerprint density at radius 3 is 2.43 bits per heavy atom. The van der Waals surface area contributed by atoms with Crippen LogP contribution >= 0.6 is 0 Å². The van der Waals surface area contributed by atoms with Crippen LogP contribution in [-0.4, -0.2) is 46.2 Å². The first-order valence-electron chi connectivity index (χ1n) is 14.6. The average Bonchev–Trinajstić information content (AvgIpc) is 3.63. The molecule has 0 aromatic heterocycles. The molecule has 0 bridgehead atoms. The Balaban J connectivity index is 1.26. The van der Waals surface area contributed by atoms with Crippen molar-refractivity contribution in [3.63, 3.8) is 0 Å². The molecule has 6 fully saturated rings. The molecule has 0 aromatic rings. The third-order valence-corrected chi connectivity index (χ3v) is 12.8. The van der Waals surface area contributed by atoms with E-state index in [4.69, 9.17) is 14.2 Å². The molecule has 35 heavy (non-hydrogen) atoms. The molecule has 1 N–H and O–H groups in total. The second-order valence-corrected chi connectivity index (χ2v) is 14.5. The van der Waals surface area contributed by atoms with Gasteiger partial charge in [0.25, 0.3) is 0 Å². The molecule has 5 nitrogen and oxygen atoms in total. The Morgan fingerprint density at radius 1 is 1.00 bits per heavy atom. The van der Waals surface area contributed by atoms with Gasteiger partial charge in [-0.25, -0.2) is 0 Å². The molecule has 0 amide bonds. The van der Waals surface area contributed by atoms with Gasteiger partial charge in [0.1, 0.15) is 17.3 Å². The van der Waals surface area contributed by atoms with Crippen LogP contribution in [-0.2, 0) is 19.0 Å². The van der Waals surface area contributed by atoms with E-state index in [0.29, 0.717) is 18.8 Å². The Labute approximate surface area is 212 Å². The zero-order chi connectivity index (χ0) is 25.2. The van der Waals surface area contributed by atoms with E-state index >= 15 is 0 Å². The third kappa shape index (κ3) is 2.95. The van der Waals surface area contributed by atoms with Gasteiger partial charge in [-0.05, 0) is 67.1 Å².